The lowest BCUT2D eigenvalue weighted by Gasteiger charge is -2.18. The average molecular weight is 537 g/mol. The number of methoxy groups -OCH3 is 3. The van der Waals surface area contributed by atoms with Crippen LogP contribution in [0, 0.1) is 5.92 Å². The van der Waals surface area contributed by atoms with Crippen molar-refractivity contribution < 1.29 is 28.6 Å². The maximum atomic E-state index is 13.4. The van der Waals surface area contributed by atoms with E-state index in [-0.39, 0.29) is 18.2 Å². The van der Waals surface area contributed by atoms with E-state index in [0.29, 0.717) is 42.1 Å². The Labute approximate surface area is 228 Å². The quantitative estimate of drug-likeness (QED) is 0.322. The summed E-state index contributed by atoms with van der Waals surface area (Å²) < 4.78 is 17.5. The highest BCUT2D eigenvalue weighted by atomic mass is 16.5. The number of carbonyl (C=O) groups is 3. The van der Waals surface area contributed by atoms with Gasteiger partial charge in [0.15, 0.2) is 5.69 Å². The highest BCUT2D eigenvalue weighted by molar-refractivity contribution is 5.97. The molecule has 0 aliphatic carbocycles. The van der Waals surface area contributed by atoms with Crippen molar-refractivity contribution in [2.45, 2.75) is 39.3 Å². The van der Waals surface area contributed by atoms with Crippen LogP contribution < -0.4 is 20.1 Å². The molecule has 0 radical (unpaired) electrons. The molecule has 1 atom stereocenters. The van der Waals surface area contributed by atoms with Crippen molar-refractivity contribution in [3.63, 3.8) is 0 Å². The molecule has 208 valence electrons. The number of aryl methyl sites for hydroxylation is 1. The van der Waals surface area contributed by atoms with Crippen LogP contribution in [0.25, 0.3) is 11.3 Å². The summed E-state index contributed by atoms with van der Waals surface area (Å²) in [4.78, 5) is 38.0. The Morgan fingerprint density at radius 1 is 0.949 bits per heavy atom. The first-order valence-electron chi connectivity index (χ1n) is 12.8. The summed E-state index contributed by atoms with van der Waals surface area (Å²) in [5.74, 6) is -0.192. The largest absolute Gasteiger partial charge is 0.496 e. The molecule has 3 aromatic rings. The van der Waals surface area contributed by atoms with E-state index >= 15 is 0 Å². The lowest BCUT2D eigenvalue weighted by molar-refractivity contribution is -0.141. The van der Waals surface area contributed by atoms with E-state index in [2.05, 4.69) is 34.3 Å². The van der Waals surface area contributed by atoms with Crippen LogP contribution in [-0.4, -0.2) is 61.5 Å². The third-order valence-corrected chi connectivity index (χ3v) is 6.06. The number of esters is 1. The fourth-order valence-electron chi connectivity index (χ4n) is 4.13. The molecule has 2 aromatic carbocycles. The van der Waals surface area contributed by atoms with Crippen LogP contribution >= 0.6 is 0 Å². The Hall–Kier alpha value is -4.34. The van der Waals surface area contributed by atoms with Gasteiger partial charge in [-0.15, -0.1) is 0 Å². The van der Waals surface area contributed by atoms with Crippen molar-refractivity contribution in [2.75, 3.05) is 27.9 Å². The Kier molecular flexibility index (Phi) is 10.5. The Balaban J connectivity index is 1.91. The number of hydrogen-bond acceptors (Lipinski definition) is 7. The molecule has 0 fully saturated rings. The maximum Gasteiger partial charge on any atom is 0.325 e. The second-order valence-corrected chi connectivity index (χ2v) is 9.37. The number of nitrogens with one attached hydrogen (secondary N) is 2. The Morgan fingerprint density at radius 2 is 1.62 bits per heavy atom. The van der Waals surface area contributed by atoms with Crippen molar-refractivity contribution >= 4 is 17.8 Å². The molecule has 1 heterocycles. The van der Waals surface area contributed by atoms with Gasteiger partial charge in [-0.2, -0.15) is 5.10 Å². The number of benzene rings is 2. The van der Waals surface area contributed by atoms with E-state index < -0.39 is 23.8 Å². The highest BCUT2D eigenvalue weighted by Crippen LogP contribution is 2.38. The predicted octanol–water partition coefficient (Wildman–Crippen LogP) is 3.24. The standard InChI is InChI=1S/C29H36N4O6/c1-19(2)18-33-23(27-24(37-3)12-9-13-25(27)38-4)16-22(32-33)29(36)31-21(28(35)30-17-26(34)39-5)15-14-20-10-7-6-8-11-20/h6-13,16,19,21H,14-15,17-18H2,1-5H3,(H,30,35)(H,31,36)/t21-/m0/s1. The summed E-state index contributed by atoms with van der Waals surface area (Å²) in [6.45, 7) is 4.35. The number of amides is 2. The topological polar surface area (TPSA) is 121 Å². The normalized spacial score (nSPS) is 11.5. The van der Waals surface area contributed by atoms with Crippen molar-refractivity contribution in [1.82, 2.24) is 20.4 Å². The smallest absolute Gasteiger partial charge is 0.325 e. The molecule has 0 aliphatic rings. The molecule has 0 unspecified atom stereocenters. The van der Waals surface area contributed by atoms with Gasteiger partial charge in [0, 0.05) is 6.54 Å². The molecule has 2 amide bonds. The average Bonchev–Trinajstić information content (AvgIpc) is 3.36. The second kappa shape index (κ2) is 14.0. The minimum Gasteiger partial charge on any atom is -0.496 e. The van der Waals surface area contributed by atoms with Crippen LogP contribution in [-0.2, 0) is 27.3 Å². The van der Waals surface area contributed by atoms with Gasteiger partial charge in [-0.25, -0.2) is 0 Å². The predicted molar refractivity (Wildman–Crippen MR) is 147 cm³/mol. The molecular weight excluding hydrogens is 500 g/mol. The summed E-state index contributed by atoms with van der Waals surface area (Å²) in [6, 6.07) is 15.9. The van der Waals surface area contributed by atoms with Crippen LogP contribution in [0.5, 0.6) is 11.5 Å². The van der Waals surface area contributed by atoms with E-state index in [1.54, 1.807) is 25.0 Å². The van der Waals surface area contributed by atoms with Gasteiger partial charge in [-0.05, 0) is 42.5 Å². The summed E-state index contributed by atoms with van der Waals surface area (Å²) in [7, 11) is 4.38. The van der Waals surface area contributed by atoms with Crippen LogP contribution in [0.1, 0.15) is 36.3 Å². The summed E-state index contributed by atoms with van der Waals surface area (Å²) >= 11 is 0. The first-order chi connectivity index (χ1) is 18.8. The summed E-state index contributed by atoms with van der Waals surface area (Å²) in [5, 5.41) is 9.93. The third-order valence-electron chi connectivity index (χ3n) is 6.06. The van der Waals surface area contributed by atoms with E-state index in [4.69, 9.17) is 9.47 Å². The molecule has 0 saturated carbocycles. The number of carbonyl (C=O) groups excluding carboxylic acids is 3. The molecule has 0 bridgehead atoms. The minimum absolute atomic E-state index is 0.143. The number of aromatic nitrogens is 2. The van der Waals surface area contributed by atoms with Gasteiger partial charge >= 0.3 is 5.97 Å². The van der Waals surface area contributed by atoms with Gasteiger partial charge in [0.05, 0.1) is 32.6 Å². The lowest BCUT2D eigenvalue weighted by Crippen LogP contribution is -2.48. The summed E-state index contributed by atoms with van der Waals surface area (Å²) in [6.07, 6.45) is 0.867. The number of rotatable bonds is 13. The van der Waals surface area contributed by atoms with Gasteiger partial charge < -0.3 is 24.8 Å². The SMILES string of the molecule is COC(=O)CNC(=O)[C@H](CCc1ccccc1)NC(=O)c1cc(-c2c(OC)cccc2OC)n(CC(C)C)n1. The number of ether oxygens (including phenoxy) is 3. The van der Waals surface area contributed by atoms with Gasteiger partial charge in [-0.3, -0.25) is 19.1 Å². The maximum absolute atomic E-state index is 13.4. The van der Waals surface area contributed by atoms with E-state index in [0.717, 1.165) is 5.56 Å². The number of nitrogens with zero attached hydrogens (tertiary/aromatic N) is 2. The van der Waals surface area contributed by atoms with E-state index in [1.165, 1.54) is 7.11 Å². The first kappa shape index (κ1) is 29.2. The molecule has 10 heteroatoms. The van der Waals surface area contributed by atoms with E-state index in [1.807, 2.05) is 48.5 Å². The third kappa shape index (κ3) is 7.83. The van der Waals surface area contributed by atoms with Gasteiger partial charge in [0.2, 0.25) is 5.91 Å². The van der Waals surface area contributed by atoms with Crippen molar-refractivity contribution in [1.29, 1.82) is 0 Å². The van der Waals surface area contributed by atoms with Gasteiger partial charge in [0.1, 0.15) is 24.1 Å². The number of hydrogen-bond donors (Lipinski definition) is 2. The minimum atomic E-state index is -0.901. The Morgan fingerprint density at radius 3 is 2.21 bits per heavy atom. The molecule has 2 N–H and O–H groups in total. The van der Waals surface area contributed by atoms with Crippen molar-refractivity contribution in [3.05, 3.63) is 65.9 Å². The van der Waals surface area contributed by atoms with Gasteiger partial charge in [-0.1, -0.05) is 50.2 Å². The molecule has 1 aromatic heterocycles. The molecular formula is C29H36N4O6. The zero-order valence-electron chi connectivity index (χ0n) is 23.0. The van der Waals surface area contributed by atoms with E-state index in [9.17, 15) is 14.4 Å². The van der Waals surface area contributed by atoms with Crippen LogP contribution in [0.15, 0.2) is 54.6 Å². The zero-order chi connectivity index (χ0) is 28.4. The monoisotopic (exact) mass is 536 g/mol. The molecule has 0 saturated heterocycles. The van der Waals surface area contributed by atoms with Crippen molar-refractivity contribution in [3.8, 4) is 22.8 Å². The first-order valence-corrected chi connectivity index (χ1v) is 12.8. The van der Waals surface area contributed by atoms with Crippen LogP contribution in [0.4, 0.5) is 0 Å². The zero-order valence-corrected chi connectivity index (χ0v) is 23.0. The molecule has 39 heavy (non-hydrogen) atoms. The van der Waals surface area contributed by atoms with Crippen molar-refractivity contribution in [2.24, 2.45) is 5.92 Å². The molecule has 0 aliphatic heterocycles. The van der Waals surface area contributed by atoms with Gasteiger partial charge in [0.25, 0.3) is 5.91 Å². The summed E-state index contributed by atoms with van der Waals surface area (Å²) in [5.41, 5.74) is 2.48. The fraction of sp³-hybridized carbons (Fsp3) is 0.379. The molecule has 3 rings (SSSR count). The Bertz CT molecular complexity index is 1250. The molecule has 0 spiro atoms. The fourth-order valence-corrected chi connectivity index (χ4v) is 4.13. The highest BCUT2D eigenvalue weighted by Gasteiger charge is 2.26. The second-order valence-electron chi connectivity index (χ2n) is 9.37. The van der Waals surface area contributed by atoms with Crippen LogP contribution in [0.3, 0.4) is 0 Å². The lowest BCUT2D eigenvalue weighted by atomic mass is 10.0. The molecule has 10 nitrogen and oxygen atoms in total. The van der Waals surface area contributed by atoms with Crippen LogP contribution in [0.2, 0.25) is 0 Å².